The summed E-state index contributed by atoms with van der Waals surface area (Å²) in [6.45, 7) is 1.63. The Balaban J connectivity index is 1.89. The summed E-state index contributed by atoms with van der Waals surface area (Å²) in [5.74, 6) is 0.855. The molecule has 1 aromatic heterocycles. The van der Waals surface area contributed by atoms with E-state index in [-0.39, 0.29) is 0 Å². The Morgan fingerprint density at radius 1 is 1.41 bits per heavy atom. The molecule has 3 nitrogen and oxygen atoms in total. The van der Waals surface area contributed by atoms with Gasteiger partial charge in [0.2, 0.25) is 0 Å². The average Bonchev–Trinajstić information content (AvgIpc) is 2.82. The molecule has 90 valence electrons. The van der Waals surface area contributed by atoms with Gasteiger partial charge in [-0.3, -0.25) is 0 Å². The van der Waals surface area contributed by atoms with Gasteiger partial charge in [-0.1, -0.05) is 6.07 Å². The molecule has 1 heterocycles. The lowest BCUT2D eigenvalue weighted by molar-refractivity contribution is 0.412. The van der Waals surface area contributed by atoms with Crippen molar-refractivity contribution in [3.63, 3.8) is 0 Å². The molecule has 0 aliphatic heterocycles. The number of benzene rings is 1. The molecule has 1 N–H and O–H groups in total. The average molecular weight is 313 g/mol. The van der Waals surface area contributed by atoms with Crippen LogP contribution in [0.2, 0.25) is 0 Å². The van der Waals surface area contributed by atoms with Crippen LogP contribution in [0.15, 0.2) is 34.2 Å². The second-order valence-corrected chi connectivity index (χ2v) is 5.33. The first-order valence-corrected chi connectivity index (χ1v) is 6.88. The van der Waals surface area contributed by atoms with Gasteiger partial charge in [0.05, 0.1) is 11.6 Å². The molecule has 0 radical (unpaired) electrons. The van der Waals surface area contributed by atoms with Gasteiger partial charge in [-0.05, 0) is 33.6 Å². The summed E-state index contributed by atoms with van der Waals surface area (Å²) in [6.07, 6.45) is 1.83. The fourth-order valence-electron chi connectivity index (χ4n) is 1.47. The van der Waals surface area contributed by atoms with Gasteiger partial charge in [0, 0.05) is 24.7 Å². The zero-order chi connectivity index (χ0) is 12.1. The van der Waals surface area contributed by atoms with Crippen molar-refractivity contribution in [3.8, 4) is 5.75 Å². The van der Waals surface area contributed by atoms with Gasteiger partial charge in [0.1, 0.15) is 10.8 Å². The van der Waals surface area contributed by atoms with Crippen LogP contribution in [-0.2, 0) is 13.1 Å². The number of halogens is 1. The summed E-state index contributed by atoms with van der Waals surface area (Å²) >= 11 is 5.14. The van der Waals surface area contributed by atoms with E-state index in [2.05, 4.69) is 38.4 Å². The molecule has 0 atom stereocenters. The van der Waals surface area contributed by atoms with Crippen molar-refractivity contribution in [1.29, 1.82) is 0 Å². The van der Waals surface area contributed by atoms with Crippen LogP contribution >= 0.6 is 27.3 Å². The molecular formula is C12H13BrN2OS. The number of hydrogen-bond acceptors (Lipinski definition) is 4. The van der Waals surface area contributed by atoms with E-state index in [1.54, 1.807) is 18.4 Å². The van der Waals surface area contributed by atoms with Crippen LogP contribution in [0.1, 0.15) is 10.6 Å². The molecule has 5 heteroatoms. The van der Waals surface area contributed by atoms with Crippen molar-refractivity contribution in [3.05, 3.63) is 44.8 Å². The van der Waals surface area contributed by atoms with Crippen LogP contribution in [0.3, 0.4) is 0 Å². The predicted octanol–water partition coefficient (Wildman–Crippen LogP) is 3.20. The summed E-state index contributed by atoms with van der Waals surface area (Å²) in [7, 11) is 1.67. The number of aromatic nitrogens is 1. The number of hydrogen-bond donors (Lipinski definition) is 1. The highest BCUT2D eigenvalue weighted by atomic mass is 79.9. The summed E-state index contributed by atoms with van der Waals surface area (Å²) in [5, 5.41) is 6.45. The third kappa shape index (κ3) is 3.52. The van der Waals surface area contributed by atoms with Crippen molar-refractivity contribution in [2.24, 2.45) is 0 Å². The van der Waals surface area contributed by atoms with Gasteiger partial charge in [-0.15, -0.1) is 11.3 Å². The maximum Gasteiger partial charge on any atom is 0.133 e. The molecule has 0 aliphatic rings. The molecule has 0 bridgehead atoms. The van der Waals surface area contributed by atoms with Gasteiger partial charge >= 0.3 is 0 Å². The largest absolute Gasteiger partial charge is 0.496 e. The third-order valence-electron chi connectivity index (χ3n) is 2.31. The maximum atomic E-state index is 5.19. The minimum atomic E-state index is 0.807. The molecule has 0 saturated heterocycles. The normalized spacial score (nSPS) is 10.5. The van der Waals surface area contributed by atoms with Crippen LogP contribution in [0.4, 0.5) is 0 Å². The molecule has 0 aliphatic carbocycles. The molecule has 0 amide bonds. The molecule has 2 rings (SSSR count). The highest BCUT2D eigenvalue weighted by Gasteiger charge is 2.01. The first kappa shape index (κ1) is 12.5. The Kier molecular flexibility index (Phi) is 4.53. The Bertz CT molecular complexity index is 473. The van der Waals surface area contributed by atoms with Crippen LogP contribution in [-0.4, -0.2) is 12.1 Å². The Hall–Kier alpha value is -0.910. The van der Waals surface area contributed by atoms with E-state index in [9.17, 15) is 0 Å². The summed E-state index contributed by atoms with van der Waals surface area (Å²) in [5.41, 5.74) is 1.22. The molecule has 0 spiro atoms. The number of thiazole rings is 1. The van der Waals surface area contributed by atoms with Crippen molar-refractivity contribution in [2.75, 3.05) is 7.11 Å². The van der Waals surface area contributed by atoms with E-state index in [0.29, 0.717) is 0 Å². The lowest BCUT2D eigenvalue weighted by Crippen LogP contribution is -2.12. The van der Waals surface area contributed by atoms with Crippen LogP contribution < -0.4 is 10.1 Å². The number of rotatable bonds is 5. The fraction of sp³-hybridized carbons (Fsp3) is 0.250. The zero-order valence-electron chi connectivity index (χ0n) is 9.44. The van der Waals surface area contributed by atoms with E-state index in [4.69, 9.17) is 4.74 Å². The third-order valence-corrected chi connectivity index (χ3v) is 3.70. The summed E-state index contributed by atoms with van der Waals surface area (Å²) in [6, 6.07) is 6.08. The molecule has 0 fully saturated rings. The van der Waals surface area contributed by atoms with Crippen LogP contribution in [0, 0.1) is 0 Å². The summed E-state index contributed by atoms with van der Waals surface area (Å²) in [4.78, 5) is 4.22. The zero-order valence-corrected chi connectivity index (χ0v) is 11.8. The second kappa shape index (κ2) is 6.14. The van der Waals surface area contributed by atoms with Crippen molar-refractivity contribution >= 4 is 27.3 Å². The van der Waals surface area contributed by atoms with E-state index < -0.39 is 0 Å². The Morgan fingerprint density at radius 3 is 2.94 bits per heavy atom. The number of nitrogens with zero attached hydrogens (tertiary/aromatic N) is 1. The van der Waals surface area contributed by atoms with Gasteiger partial charge in [0.25, 0.3) is 0 Å². The first-order valence-electron chi connectivity index (χ1n) is 5.21. The monoisotopic (exact) mass is 312 g/mol. The smallest absolute Gasteiger partial charge is 0.133 e. The Morgan fingerprint density at radius 2 is 2.29 bits per heavy atom. The maximum absolute atomic E-state index is 5.19. The predicted molar refractivity (Wildman–Crippen MR) is 73.4 cm³/mol. The van der Waals surface area contributed by atoms with Gasteiger partial charge in [-0.2, -0.15) is 0 Å². The minimum absolute atomic E-state index is 0.807. The molecule has 2 aromatic rings. The standard InChI is InChI=1S/C12H13BrN2OS/c1-16-11-3-2-9(6-10(11)13)7-14-8-12-15-4-5-17-12/h2-6,14H,7-8H2,1H3. The van der Waals surface area contributed by atoms with E-state index >= 15 is 0 Å². The number of methoxy groups -OCH3 is 1. The molecule has 0 unspecified atom stereocenters. The van der Waals surface area contributed by atoms with E-state index in [1.165, 1.54) is 5.56 Å². The van der Waals surface area contributed by atoms with E-state index in [0.717, 1.165) is 28.3 Å². The highest BCUT2D eigenvalue weighted by Crippen LogP contribution is 2.25. The van der Waals surface area contributed by atoms with Gasteiger partial charge < -0.3 is 10.1 Å². The molecule has 1 aromatic carbocycles. The first-order chi connectivity index (χ1) is 8.29. The van der Waals surface area contributed by atoms with Gasteiger partial charge in [-0.25, -0.2) is 4.98 Å². The number of ether oxygens (including phenoxy) is 1. The SMILES string of the molecule is COc1ccc(CNCc2nccs2)cc1Br. The minimum Gasteiger partial charge on any atom is -0.496 e. The van der Waals surface area contributed by atoms with Crippen molar-refractivity contribution < 1.29 is 4.74 Å². The van der Waals surface area contributed by atoms with Crippen LogP contribution in [0.25, 0.3) is 0 Å². The van der Waals surface area contributed by atoms with Crippen LogP contribution in [0.5, 0.6) is 5.75 Å². The number of nitrogens with one attached hydrogen (secondary N) is 1. The lowest BCUT2D eigenvalue weighted by atomic mass is 10.2. The second-order valence-electron chi connectivity index (χ2n) is 3.50. The highest BCUT2D eigenvalue weighted by molar-refractivity contribution is 9.10. The fourth-order valence-corrected chi connectivity index (χ4v) is 2.65. The topological polar surface area (TPSA) is 34.1 Å². The van der Waals surface area contributed by atoms with Crippen molar-refractivity contribution in [1.82, 2.24) is 10.3 Å². The van der Waals surface area contributed by atoms with E-state index in [1.807, 2.05) is 17.6 Å². The van der Waals surface area contributed by atoms with Crippen molar-refractivity contribution in [2.45, 2.75) is 13.1 Å². The lowest BCUT2D eigenvalue weighted by Gasteiger charge is -2.07. The van der Waals surface area contributed by atoms with Gasteiger partial charge in [0.15, 0.2) is 0 Å². The Labute approximate surface area is 113 Å². The molecule has 17 heavy (non-hydrogen) atoms. The molecular weight excluding hydrogens is 300 g/mol. The summed E-state index contributed by atoms with van der Waals surface area (Å²) < 4.78 is 6.17. The quantitative estimate of drug-likeness (QED) is 0.920. The molecule has 0 saturated carbocycles.